The molecule has 1 aliphatic rings. The van der Waals surface area contributed by atoms with Crippen LogP contribution in [0.5, 0.6) is 0 Å². The molecule has 0 amide bonds. The Balaban J connectivity index is 2.62. The van der Waals surface area contributed by atoms with Gasteiger partial charge in [0.25, 0.3) is 0 Å². The first-order valence-electron chi connectivity index (χ1n) is 4.41. The van der Waals surface area contributed by atoms with E-state index in [4.69, 9.17) is 6.42 Å². The van der Waals surface area contributed by atoms with E-state index in [9.17, 15) is 8.42 Å². The van der Waals surface area contributed by atoms with Gasteiger partial charge in [0.1, 0.15) is 0 Å². The minimum atomic E-state index is -2.86. The molecule has 0 aromatic rings. The van der Waals surface area contributed by atoms with Crippen LogP contribution >= 0.6 is 0 Å². The average molecular weight is 201 g/mol. The van der Waals surface area contributed by atoms with E-state index in [1.54, 1.807) is 6.92 Å². The molecule has 0 saturated carbocycles. The summed E-state index contributed by atoms with van der Waals surface area (Å²) in [5.74, 6) is 2.81. The fourth-order valence-electron chi connectivity index (χ4n) is 1.55. The van der Waals surface area contributed by atoms with E-state index < -0.39 is 9.84 Å². The molecule has 1 saturated heterocycles. The van der Waals surface area contributed by atoms with E-state index in [0.29, 0.717) is 6.42 Å². The Morgan fingerprint density at radius 2 is 2.23 bits per heavy atom. The van der Waals surface area contributed by atoms with Crippen LogP contribution in [-0.4, -0.2) is 31.5 Å². The highest BCUT2D eigenvalue weighted by molar-refractivity contribution is 7.92. The average Bonchev–Trinajstić information content (AvgIpc) is 2.32. The molecule has 1 aliphatic heterocycles. The summed E-state index contributed by atoms with van der Waals surface area (Å²) in [6.07, 6.45) is 5.88. The molecular weight excluding hydrogens is 186 g/mol. The second-order valence-electron chi connectivity index (χ2n) is 3.52. The molecule has 74 valence electrons. The highest BCUT2D eigenvalue weighted by Crippen LogP contribution is 2.20. The van der Waals surface area contributed by atoms with Crippen molar-refractivity contribution in [2.45, 2.75) is 37.6 Å². The third-order valence-electron chi connectivity index (χ3n) is 2.56. The Hall–Kier alpha value is -0.530. The van der Waals surface area contributed by atoms with Gasteiger partial charge in [-0.2, -0.15) is 0 Å². The molecule has 0 radical (unpaired) electrons. The zero-order valence-electron chi connectivity index (χ0n) is 7.95. The molecule has 1 fully saturated rings. The number of sulfone groups is 1. The molecule has 3 nitrogen and oxygen atoms in total. The molecule has 0 aliphatic carbocycles. The predicted molar refractivity (Wildman–Crippen MR) is 53.1 cm³/mol. The van der Waals surface area contributed by atoms with Crippen LogP contribution in [0.3, 0.4) is 0 Å². The summed E-state index contributed by atoms with van der Waals surface area (Å²) in [5.41, 5.74) is 0. The molecule has 1 N–H and O–H groups in total. The molecule has 0 aromatic carbocycles. The number of rotatable bonds is 2. The predicted octanol–water partition coefficient (Wildman–Crippen LogP) is 0.173. The van der Waals surface area contributed by atoms with E-state index in [1.807, 2.05) is 6.92 Å². The summed E-state index contributed by atoms with van der Waals surface area (Å²) < 4.78 is 22.7. The lowest BCUT2D eigenvalue weighted by Gasteiger charge is -2.18. The molecule has 3 atom stereocenters. The second kappa shape index (κ2) is 3.69. The van der Waals surface area contributed by atoms with Crippen molar-refractivity contribution in [2.24, 2.45) is 0 Å². The summed E-state index contributed by atoms with van der Waals surface area (Å²) >= 11 is 0. The lowest BCUT2D eigenvalue weighted by molar-refractivity contribution is 0.487. The summed E-state index contributed by atoms with van der Waals surface area (Å²) in [5, 5.41) is 2.82. The van der Waals surface area contributed by atoms with Crippen LogP contribution in [0.25, 0.3) is 0 Å². The molecule has 4 heteroatoms. The van der Waals surface area contributed by atoms with Crippen LogP contribution in [-0.2, 0) is 9.84 Å². The Morgan fingerprint density at radius 3 is 2.62 bits per heavy atom. The van der Waals surface area contributed by atoms with Gasteiger partial charge in [-0.25, -0.2) is 8.42 Å². The van der Waals surface area contributed by atoms with Gasteiger partial charge in [0, 0.05) is 6.04 Å². The van der Waals surface area contributed by atoms with Crippen LogP contribution in [0.2, 0.25) is 0 Å². The monoisotopic (exact) mass is 201 g/mol. The first-order chi connectivity index (χ1) is 5.97. The summed E-state index contributed by atoms with van der Waals surface area (Å²) in [4.78, 5) is 0. The van der Waals surface area contributed by atoms with Crippen molar-refractivity contribution in [1.29, 1.82) is 0 Å². The van der Waals surface area contributed by atoms with Gasteiger partial charge >= 0.3 is 0 Å². The van der Waals surface area contributed by atoms with Crippen LogP contribution in [0, 0.1) is 12.3 Å². The van der Waals surface area contributed by atoms with Crippen molar-refractivity contribution in [3.63, 3.8) is 0 Å². The fourth-order valence-corrected chi connectivity index (χ4v) is 3.22. The lowest BCUT2D eigenvalue weighted by Crippen LogP contribution is -2.41. The van der Waals surface area contributed by atoms with Gasteiger partial charge < -0.3 is 0 Å². The molecular formula is C9H15NO2S. The Bertz CT molecular complexity index is 315. The normalized spacial score (nSPS) is 33.9. The van der Waals surface area contributed by atoms with Crippen LogP contribution in [0.15, 0.2) is 0 Å². The van der Waals surface area contributed by atoms with Gasteiger partial charge in [-0.05, 0) is 20.3 Å². The molecule has 0 bridgehead atoms. The van der Waals surface area contributed by atoms with Crippen molar-refractivity contribution < 1.29 is 8.42 Å². The van der Waals surface area contributed by atoms with Crippen LogP contribution < -0.4 is 5.32 Å². The Labute approximate surface area is 79.8 Å². The van der Waals surface area contributed by atoms with E-state index in [-0.39, 0.29) is 23.1 Å². The smallest absolute Gasteiger partial charge is 0.154 e. The minimum absolute atomic E-state index is 0.0241. The van der Waals surface area contributed by atoms with E-state index >= 15 is 0 Å². The number of terminal acetylenes is 1. The van der Waals surface area contributed by atoms with Gasteiger partial charge in [-0.15, -0.1) is 6.42 Å². The molecule has 3 unspecified atom stereocenters. The maximum atomic E-state index is 11.4. The quantitative estimate of drug-likeness (QED) is 0.648. The topological polar surface area (TPSA) is 46.2 Å². The van der Waals surface area contributed by atoms with Gasteiger partial charge in [-0.3, -0.25) is 5.32 Å². The summed E-state index contributed by atoms with van der Waals surface area (Å²) in [6.45, 7) is 3.60. The first kappa shape index (κ1) is 10.6. The van der Waals surface area contributed by atoms with Crippen molar-refractivity contribution >= 4 is 9.84 Å². The van der Waals surface area contributed by atoms with E-state index in [0.717, 1.165) is 0 Å². The minimum Gasteiger partial charge on any atom is -0.300 e. The van der Waals surface area contributed by atoms with Gasteiger partial charge in [0.05, 0.1) is 17.0 Å². The highest BCUT2D eigenvalue weighted by atomic mass is 32.2. The van der Waals surface area contributed by atoms with Crippen molar-refractivity contribution in [3.8, 4) is 12.3 Å². The maximum absolute atomic E-state index is 11.4. The van der Waals surface area contributed by atoms with E-state index in [2.05, 4.69) is 11.2 Å². The van der Waals surface area contributed by atoms with Crippen molar-refractivity contribution in [2.75, 3.05) is 5.75 Å². The molecule has 13 heavy (non-hydrogen) atoms. The SMILES string of the molecule is C#CC(C)NC1CCS(=O)(=O)C1C. The van der Waals surface area contributed by atoms with Gasteiger partial charge in [-0.1, -0.05) is 5.92 Å². The van der Waals surface area contributed by atoms with E-state index in [1.165, 1.54) is 0 Å². The van der Waals surface area contributed by atoms with Crippen molar-refractivity contribution in [1.82, 2.24) is 5.32 Å². The maximum Gasteiger partial charge on any atom is 0.154 e. The third kappa shape index (κ3) is 2.23. The van der Waals surface area contributed by atoms with Gasteiger partial charge in [0.2, 0.25) is 0 Å². The fraction of sp³-hybridized carbons (Fsp3) is 0.778. The van der Waals surface area contributed by atoms with Crippen molar-refractivity contribution in [3.05, 3.63) is 0 Å². The second-order valence-corrected chi connectivity index (χ2v) is 6.00. The molecule has 0 aromatic heterocycles. The number of nitrogens with one attached hydrogen (secondary N) is 1. The number of hydrogen-bond acceptors (Lipinski definition) is 3. The lowest BCUT2D eigenvalue weighted by atomic mass is 10.1. The summed E-state index contributed by atoms with van der Waals surface area (Å²) in [6, 6.07) is -0.0307. The molecule has 1 rings (SSSR count). The number of hydrogen-bond donors (Lipinski definition) is 1. The largest absolute Gasteiger partial charge is 0.300 e. The van der Waals surface area contributed by atoms with Crippen LogP contribution in [0.1, 0.15) is 20.3 Å². The zero-order valence-corrected chi connectivity index (χ0v) is 8.76. The third-order valence-corrected chi connectivity index (χ3v) is 4.83. The zero-order chi connectivity index (χ0) is 10.1. The first-order valence-corrected chi connectivity index (χ1v) is 6.12. The summed E-state index contributed by atoms with van der Waals surface area (Å²) in [7, 11) is -2.86. The molecule has 0 spiro atoms. The Morgan fingerprint density at radius 1 is 1.62 bits per heavy atom. The molecule has 1 heterocycles. The highest BCUT2D eigenvalue weighted by Gasteiger charge is 2.36. The standard InChI is InChI=1S/C9H15NO2S/c1-4-7(2)10-9-5-6-13(11,12)8(9)3/h1,7-10H,5-6H2,2-3H3. The van der Waals surface area contributed by atoms with Gasteiger partial charge in [0.15, 0.2) is 9.84 Å². The Kier molecular flexibility index (Phi) is 2.99. The van der Waals surface area contributed by atoms with Crippen LogP contribution in [0.4, 0.5) is 0 Å².